The summed E-state index contributed by atoms with van der Waals surface area (Å²) in [4.78, 5) is 38.8. The summed E-state index contributed by atoms with van der Waals surface area (Å²) in [5, 5.41) is 3.61. The third kappa shape index (κ3) is 5.54. The number of aryl methyl sites for hydroxylation is 1. The van der Waals surface area contributed by atoms with E-state index in [0.717, 1.165) is 16.0 Å². The van der Waals surface area contributed by atoms with E-state index in [-0.39, 0.29) is 17.9 Å². The topological polar surface area (TPSA) is 75.7 Å². The average Bonchev–Trinajstić information content (AvgIpc) is 2.79. The Morgan fingerprint density at radius 3 is 2.43 bits per heavy atom. The van der Waals surface area contributed by atoms with Crippen LogP contribution in [0.5, 0.6) is 5.75 Å². The number of barbiturate groups is 1. The molecule has 0 spiro atoms. The van der Waals surface area contributed by atoms with E-state index in [1.54, 1.807) is 55.5 Å². The van der Waals surface area contributed by atoms with E-state index in [1.165, 1.54) is 12.1 Å². The van der Waals surface area contributed by atoms with Crippen LogP contribution >= 0.6 is 50.7 Å². The molecule has 0 bridgehead atoms. The monoisotopic (exact) mass is 592 g/mol. The number of imide groups is 2. The number of amides is 4. The standard InChI is InChI=1S/C25H16BrCl3N2O4/c1-13-2-6-17(11-20(13)28)31-24(33)18(23(32)30-25(31)34)8-14-3-7-22(19(26)9-14)35-12-15-4-5-16(27)10-21(15)29/h2-11H,12H2,1H3,(H,30,32,34)/b18-8-. The molecule has 3 aromatic carbocycles. The minimum absolute atomic E-state index is 0.199. The second kappa shape index (κ2) is 10.4. The lowest BCUT2D eigenvalue weighted by atomic mass is 10.1. The molecule has 1 fully saturated rings. The number of ether oxygens (including phenoxy) is 1. The van der Waals surface area contributed by atoms with Gasteiger partial charge in [-0.2, -0.15) is 0 Å². The highest BCUT2D eigenvalue weighted by molar-refractivity contribution is 9.10. The number of benzene rings is 3. The van der Waals surface area contributed by atoms with Gasteiger partial charge in [-0.15, -0.1) is 0 Å². The smallest absolute Gasteiger partial charge is 0.335 e. The minimum Gasteiger partial charge on any atom is -0.488 e. The predicted octanol–water partition coefficient (Wildman–Crippen LogP) is 6.96. The molecular weight excluding hydrogens is 579 g/mol. The maximum Gasteiger partial charge on any atom is 0.335 e. The molecule has 1 heterocycles. The molecule has 10 heteroatoms. The number of rotatable bonds is 5. The Kier molecular flexibility index (Phi) is 7.52. The number of anilines is 1. The van der Waals surface area contributed by atoms with Gasteiger partial charge in [-0.05, 0) is 76.5 Å². The highest BCUT2D eigenvalue weighted by Crippen LogP contribution is 2.31. The third-order valence-electron chi connectivity index (χ3n) is 5.18. The Balaban J connectivity index is 1.57. The molecule has 1 N–H and O–H groups in total. The normalized spacial score (nSPS) is 14.9. The lowest BCUT2D eigenvalue weighted by Gasteiger charge is -2.26. The molecule has 0 atom stereocenters. The first-order valence-corrected chi connectivity index (χ1v) is 12.1. The zero-order valence-corrected chi connectivity index (χ0v) is 21.9. The van der Waals surface area contributed by atoms with Gasteiger partial charge in [0.2, 0.25) is 0 Å². The van der Waals surface area contributed by atoms with Crippen LogP contribution in [0, 0.1) is 6.92 Å². The summed E-state index contributed by atoms with van der Waals surface area (Å²) >= 11 is 21.7. The number of carbonyl (C=O) groups is 3. The number of carbonyl (C=O) groups excluding carboxylic acids is 3. The molecule has 178 valence electrons. The molecule has 0 unspecified atom stereocenters. The van der Waals surface area contributed by atoms with Crippen LogP contribution < -0.4 is 15.0 Å². The van der Waals surface area contributed by atoms with E-state index in [0.29, 0.717) is 30.9 Å². The van der Waals surface area contributed by atoms with Gasteiger partial charge in [0.1, 0.15) is 17.9 Å². The van der Waals surface area contributed by atoms with Gasteiger partial charge in [0.15, 0.2) is 0 Å². The molecule has 1 saturated heterocycles. The molecule has 4 rings (SSSR count). The van der Waals surface area contributed by atoms with Gasteiger partial charge in [-0.3, -0.25) is 14.9 Å². The summed E-state index contributed by atoms with van der Waals surface area (Å²) in [6, 6.07) is 14.1. The van der Waals surface area contributed by atoms with Crippen molar-refractivity contribution >= 4 is 80.3 Å². The fraction of sp³-hybridized carbons (Fsp3) is 0.0800. The molecule has 0 saturated carbocycles. The molecular formula is C25H16BrCl3N2O4. The van der Waals surface area contributed by atoms with Crippen molar-refractivity contribution in [2.75, 3.05) is 4.90 Å². The number of nitrogens with one attached hydrogen (secondary N) is 1. The first kappa shape index (κ1) is 25.3. The van der Waals surface area contributed by atoms with E-state index in [2.05, 4.69) is 21.2 Å². The van der Waals surface area contributed by atoms with Crippen LogP contribution in [0.15, 0.2) is 64.6 Å². The van der Waals surface area contributed by atoms with Crippen molar-refractivity contribution in [2.45, 2.75) is 13.5 Å². The summed E-state index contributed by atoms with van der Waals surface area (Å²) in [6.45, 7) is 2.01. The van der Waals surface area contributed by atoms with Crippen LogP contribution in [0.4, 0.5) is 10.5 Å². The first-order valence-electron chi connectivity index (χ1n) is 10.2. The molecule has 35 heavy (non-hydrogen) atoms. The third-order valence-corrected chi connectivity index (χ3v) is 6.79. The first-order chi connectivity index (χ1) is 16.6. The number of hydrogen-bond acceptors (Lipinski definition) is 4. The molecule has 0 radical (unpaired) electrons. The number of urea groups is 1. The average molecular weight is 595 g/mol. The van der Waals surface area contributed by atoms with E-state index in [4.69, 9.17) is 39.5 Å². The Morgan fingerprint density at radius 1 is 0.971 bits per heavy atom. The van der Waals surface area contributed by atoms with Crippen molar-refractivity contribution in [3.63, 3.8) is 0 Å². The van der Waals surface area contributed by atoms with Crippen molar-refractivity contribution < 1.29 is 19.1 Å². The lowest BCUT2D eigenvalue weighted by Crippen LogP contribution is -2.54. The Labute approximate surface area is 224 Å². The Hall–Kier alpha value is -2.84. The molecule has 6 nitrogen and oxygen atoms in total. The van der Waals surface area contributed by atoms with Gasteiger partial charge >= 0.3 is 6.03 Å². The second-order valence-corrected chi connectivity index (χ2v) is 9.71. The van der Waals surface area contributed by atoms with Gasteiger partial charge in [-0.1, -0.05) is 53.0 Å². The van der Waals surface area contributed by atoms with Crippen LogP contribution in [-0.4, -0.2) is 17.8 Å². The number of halogens is 4. The van der Waals surface area contributed by atoms with E-state index >= 15 is 0 Å². The summed E-state index contributed by atoms with van der Waals surface area (Å²) in [6.07, 6.45) is 1.40. The summed E-state index contributed by atoms with van der Waals surface area (Å²) in [5.41, 5.74) is 2.16. The largest absolute Gasteiger partial charge is 0.488 e. The van der Waals surface area contributed by atoms with E-state index in [9.17, 15) is 14.4 Å². The summed E-state index contributed by atoms with van der Waals surface area (Å²) in [7, 11) is 0. The van der Waals surface area contributed by atoms with Crippen molar-refractivity contribution in [1.29, 1.82) is 0 Å². The number of hydrogen-bond donors (Lipinski definition) is 1. The van der Waals surface area contributed by atoms with Gasteiger partial charge < -0.3 is 4.74 Å². The molecule has 0 aromatic heterocycles. The van der Waals surface area contributed by atoms with Gasteiger partial charge in [0.05, 0.1) is 10.2 Å². The Bertz CT molecular complexity index is 1410. The second-order valence-electron chi connectivity index (χ2n) is 7.61. The molecule has 3 aromatic rings. The van der Waals surface area contributed by atoms with Crippen LogP contribution in [0.25, 0.3) is 6.08 Å². The van der Waals surface area contributed by atoms with Crippen molar-refractivity contribution in [1.82, 2.24) is 5.32 Å². The van der Waals surface area contributed by atoms with Crippen molar-refractivity contribution in [2.24, 2.45) is 0 Å². The summed E-state index contributed by atoms with van der Waals surface area (Å²) < 4.78 is 6.43. The van der Waals surface area contributed by atoms with Crippen molar-refractivity contribution in [3.05, 3.63) is 96.4 Å². The highest BCUT2D eigenvalue weighted by Gasteiger charge is 2.37. The van der Waals surface area contributed by atoms with Gasteiger partial charge in [0, 0.05) is 20.6 Å². The minimum atomic E-state index is -0.845. The van der Waals surface area contributed by atoms with Crippen LogP contribution in [-0.2, 0) is 16.2 Å². The maximum atomic E-state index is 13.1. The number of nitrogens with zero attached hydrogens (tertiary/aromatic N) is 1. The maximum absolute atomic E-state index is 13.1. The van der Waals surface area contributed by atoms with E-state index < -0.39 is 17.8 Å². The molecule has 4 amide bonds. The predicted molar refractivity (Wildman–Crippen MR) is 140 cm³/mol. The zero-order valence-electron chi connectivity index (χ0n) is 18.1. The Morgan fingerprint density at radius 2 is 1.74 bits per heavy atom. The van der Waals surface area contributed by atoms with Gasteiger partial charge in [-0.25, -0.2) is 9.69 Å². The van der Waals surface area contributed by atoms with Crippen LogP contribution in [0.1, 0.15) is 16.7 Å². The SMILES string of the molecule is Cc1ccc(N2C(=O)NC(=O)/C(=C/c3ccc(OCc4ccc(Cl)cc4Cl)c(Br)c3)C2=O)cc1Cl. The lowest BCUT2D eigenvalue weighted by molar-refractivity contribution is -0.122. The quantitative estimate of drug-likeness (QED) is 0.256. The fourth-order valence-corrected chi connectivity index (χ4v) is 4.45. The van der Waals surface area contributed by atoms with Crippen LogP contribution in [0.2, 0.25) is 15.1 Å². The molecule has 0 aliphatic carbocycles. The van der Waals surface area contributed by atoms with Crippen molar-refractivity contribution in [3.8, 4) is 5.75 Å². The zero-order chi connectivity index (χ0) is 25.3. The molecule has 1 aliphatic heterocycles. The van der Waals surface area contributed by atoms with Gasteiger partial charge in [0.25, 0.3) is 11.8 Å². The van der Waals surface area contributed by atoms with Crippen LogP contribution in [0.3, 0.4) is 0 Å². The fourth-order valence-electron chi connectivity index (χ4n) is 3.30. The summed E-state index contributed by atoms with van der Waals surface area (Å²) in [5.74, 6) is -1.01. The highest BCUT2D eigenvalue weighted by atomic mass is 79.9. The van der Waals surface area contributed by atoms with E-state index in [1.807, 2.05) is 0 Å². The molecule has 1 aliphatic rings.